The average molecular weight is 257 g/mol. The molecule has 0 N–H and O–H groups in total. The van der Waals surface area contributed by atoms with Crippen LogP contribution < -0.4 is 5.01 Å². The number of amides is 1. The second kappa shape index (κ2) is 3.88. The number of anilines is 1. The van der Waals surface area contributed by atoms with E-state index in [0.717, 1.165) is 5.01 Å². The molecule has 1 amide bonds. The quantitative estimate of drug-likeness (QED) is 0.724. The van der Waals surface area contributed by atoms with Crippen LogP contribution in [0.1, 0.15) is 6.92 Å². The molecule has 0 aromatic heterocycles. The third kappa shape index (κ3) is 1.70. The molecule has 0 spiro atoms. The Kier molecular flexibility index (Phi) is 2.69. The summed E-state index contributed by atoms with van der Waals surface area (Å²) >= 11 is 11.7. The maximum Gasteiger partial charge on any atom is 0.321 e. The molecule has 0 fully saturated rings. The highest BCUT2D eigenvalue weighted by molar-refractivity contribution is 6.69. The first kappa shape index (κ1) is 11.1. The van der Waals surface area contributed by atoms with Crippen LogP contribution in [0.4, 0.5) is 5.69 Å². The van der Waals surface area contributed by atoms with Crippen molar-refractivity contribution in [3.05, 3.63) is 28.2 Å². The van der Waals surface area contributed by atoms with E-state index in [-0.39, 0.29) is 5.71 Å². The number of ketones is 1. The van der Waals surface area contributed by atoms with Crippen molar-refractivity contribution < 1.29 is 9.59 Å². The van der Waals surface area contributed by atoms with Gasteiger partial charge in [-0.05, 0) is 25.1 Å². The fourth-order valence-corrected chi connectivity index (χ4v) is 1.67. The summed E-state index contributed by atoms with van der Waals surface area (Å²) in [6.45, 7) is 1.47. The maximum atomic E-state index is 11.5. The predicted octanol–water partition coefficient (Wildman–Crippen LogP) is 2.29. The Labute approximate surface area is 101 Å². The Bertz CT molecular complexity index is 526. The lowest BCUT2D eigenvalue weighted by Crippen LogP contribution is -2.27. The zero-order valence-electron chi connectivity index (χ0n) is 8.20. The van der Waals surface area contributed by atoms with E-state index in [9.17, 15) is 9.59 Å². The van der Waals surface area contributed by atoms with E-state index in [1.807, 2.05) is 0 Å². The van der Waals surface area contributed by atoms with Gasteiger partial charge in [0.15, 0.2) is 0 Å². The average Bonchev–Trinajstić information content (AvgIpc) is 2.50. The van der Waals surface area contributed by atoms with Crippen molar-refractivity contribution in [3.8, 4) is 0 Å². The smallest absolute Gasteiger partial charge is 0.282 e. The highest BCUT2D eigenvalue weighted by Gasteiger charge is 2.33. The van der Waals surface area contributed by atoms with Gasteiger partial charge in [-0.1, -0.05) is 23.2 Å². The largest absolute Gasteiger partial charge is 0.321 e. The van der Waals surface area contributed by atoms with Crippen molar-refractivity contribution in [2.45, 2.75) is 6.92 Å². The van der Waals surface area contributed by atoms with Crippen LogP contribution in [-0.4, -0.2) is 17.4 Å². The monoisotopic (exact) mass is 256 g/mol. The highest BCUT2D eigenvalue weighted by atomic mass is 35.5. The summed E-state index contributed by atoms with van der Waals surface area (Å²) in [7, 11) is 0. The van der Waals surface area contributed by atoms with Gasteiger partial charge in [-0.2, -0.15) is 10.1 Å². The molecule has 6 heteroatoms. The van der Waals surface area contributed by atoms with Crippen molar-refractivity contribution in [3.63, 3.8) is 0 Å². The highest BCUT2D eigenvalue weighted by Crippen LogP contribution is 2.30. The third-order valence-corrected chi connectivity index (χ3v) is 2.66. The van der Waals surface area contributed by atoms with E-state index in [1.54, 1.807) is 12.1 Å². The minimum atomic E-state index is -0.721. The van der Waals surface area contributed by atoms with Gasteiger partial charge < -0.3 is 0 Å². The first-order chi connectivity index (χ1) is 7.50. The molecule has 0 atom stereocenters. The van der Waals surface area contributed by atoms with Crippen molar-refractivity contribution >= 4 is 46.3 Å². The van der Waals surface area contributed by atoms with Crippen LogP contribution in [0.3, 0.4) is 0 Å². The molecule has 82 valence electrons. The van der Waals surface area contributed by atoms with Crippen molar-refractivity contribution in [1.29, 1.82) is 0 Å². The topological polar surface area (TPSA) is 49.7 Å². The zero-order valence-corrected chi connectivity index (χ0v) is 9.71. The first-order valence-electron chi connectivity index (χ1n) is 4.40. The number of Topliss-reactive ketones (excluding diaryl/α,β-unsaturated/α-hetero) is 1. The number of halogens is 2. The Balaban J connectivity index is 2.50. The van der Waals surface area contributed by atoms with Gasteiger partial charge in [0, 0.05) is 5.02 Å². The summed E-state index contributed by atoms with van der Waals surface area (Å²) in [5, 5.41) is 5.52. The van der Waals surface area contributed by atoms with E-state index in [1.165, 1.54) is 13.0 Å². The molecule has 0 radical (unpaired) electrons. The van der Waals surface area contributed by atoms with E-state index in [2.05, 4.69) is 5.10 Å². The lowest BCUT2D eigenvalue weighted by molar-refractivity contribution is -0.131. The van der Waals surface area contributed by atoms with E-state index < -0.39 is 11.7 Å². The van der Waals surface area contributed by atoms with Crippen LogP contribution in [0, 0.1) is 0 Å². The summed E-state index contributed by atoms with van der Waals surface area (Å²) in [6.07, 6.45) is 0. The van der Waals surface area contributed by atoms with Crippen LogP contribution >= 0.6 is 23.2 Å². The van der Waals surface area contributed by atoms with Crippen molar-refractivity contribution in [1.82, 2.24) is 0 Å². The molecular formula is C10H6Cl2N2O2. The molecule has 0 saturated heterocycles. The molecule has 1 aliphatic heterocycles. The number of carbonyl (C=O) groups excluding carboxylic acids is 2. The Morgan fingerprint density at radius 3 is 2.50 bits per heavy atom. The number of hydrazone groups is 1. The maximum absolute atomic E-state index is 11.5. The second-order valence-corrected chi connectivity index (χ2v) is 4.07. The zero-order chi connectivity index (χ0) is 11.9. The van der Waals surface area contributed by atoms with Crippen LogP contribution in [0.15, 0.2) is 23.3 Å². The summed E-state index contributed by atoms with van der Waals surface area (Å²) in [5.41, 5.74) is 0.449. The minimum absolute atomic E-state index is 0.140. The number of rotatable bonds is 1. The van der Waals surface area contributed by atoms with Crippen molar-refractivity contribution in [2.75, 3.05) is 5.01 Å². The predicted molar refractivity (Wildman–Crippen MR) is 62.1 cm³/mol. The molecule has 1 aromatic carbocycles. The van der Waals surface area contributed by atoms with Gasteiger partial charge in [-0.25, -0.2) is 0 Å². The van der Waals surface area contributed by atoms with Crippen LogP contribution in [-0.2, 0) is 9.59 Å². The van der Waals surface area contributed by atoms with Gasteiger partial charge in [0.25, 0.3) is 5.78 Å². The number of hydrogen-bond acceptors (Lipinski definition) is 3. The molecule has 16 heavy (non-hydrogen) atoms. The van der Waals surface area contributed by atoms with Gasteiger partial charge in [0.1, 0.15) is 5.71 Å². The molecule has 0 unspecified atom stereocenters. The van der Waals surface area contributed by atoms with Gasteiger partial charge >= 0.3 is 5.91 Å². The summed E-state index contributed by atoms with van der Waals surface area (Å²) in [6, 6.07) is 4.61. The van der Waals surface area contributed by atoms with Crippen LogP contribution in [0.5, 0.6) is 0 Å². The van der Waals surface area contributed by atoms with E-state index in [4.69, 9.17) is 23.2 Å². The minimum Gasteiger partial charge on any atom is -0.282 e. The van der Waals surface area contributed by atoms with Gasteiger partial charge in [0.2, 0.25) is 0 Å². The number of hydrogen-bond donors (Lipinski definition) is 0. The Hall–Kier alpha value is -1.39. The van der Waals surface area contributed by atoms with E-state index >= 15 is 0 Å². The SMILES string of the molecule is CC1=NN(c2cc(Cl)ccc2Cl)C(=O)C1=O. The normalized spacial score (nSPS) is 15.7. The lowest BCUT2D eigenvalue weighted by Gasteiger charge is -2.12. The number of carbonyl (C=O) groups is 2. The summed E-state index contributed by atoms with van der Waals surface area (Å²) < 4.78 is 0. The second-order valence-electron chi connectivity index (χ2n) is 3.23. The molecule has 4 nitrogen and oxygen atoms in total. The van der Waals surface area contributed by atoms with Crippen LogP contribution in [0.2, 0.25) is 10.0 Å². The molecule has 0 bridgehead atoms. The molecule has 0 aliphatic carbocycles. The number of benzene rings is 1. The fraction of sp³-hybridized carbons (Fsp3) is 0.100. The molecule has 1 heterocycles. The third-order valence-electron chi connectivity index (χ3n) is 2.10. The molecular weight excluding hydrogens is 251 g/mol. The summed E-state index contributed by atoms with van der Waals surface area (Å²) in [5.74, 6) is -1.35. The fourth-order valence-electron chi connectivity index (χ4n) is 1.30. The molecule has 0 saturated carbocycles. The Morgan fingerprint density at radius 2 is 1.94 bits per heavy atom. The number of nitrogens with zero attached hydrogens (tertiary/aromatic N) is 2. The van der Waals surface area contributed by atoms with Gasteiger partial charge in [-0.3, -0.25) is 9.59 Å². The van der Waals surface area contributed by atoms with Crippen LogP contribution in [0.25, 0.3) is 0 Å². The first-order valence-corrected chi connectivity index (χ1v) is 5.15. The van der Waals surface area contributed by atoms with Crippen molar-refractivity contribution in [2.24, 2.45) is 5.10 Å². The van der Waals surface area contributed by atoms with Gasteiger partial charge in [0.05, 0.1) is 10.7 Å². The standard InChI is InChI=1S/C10H6Cl2N2O2/c1-5-9(15)10(16)14(13-5)8-4-6(11)2-3-7(8)12/h2-4H,1H3. The lowest BCUT2D eigenvalue weighted by atomic mass is 10.2. The Morgan fingerprint density at radius 1 is 1.25 bits per heavy atom. The van der Waals surface area contributed by atoms with Gasteiger partial charge in [-0.15, -0.1) is 0 Å². The summed E-state index contributed by atoms with van der Waals surface area (Å²) in [4.78, 5) is 22.8. The molecule has 2 rings (SSSR count). The molecule has 1 aromatic rings. The molecule has 1 aliphatic rings. The van der Waals surface area contributed by atoms with E-state index in [0.29, 0.717) is 15.7 Å².